The summed E-state index contributed by atoms with van der Waals surface area (Å²) >= 11 is 0. The fourth-order valence-electron chi connectivity index (χ4n) is 3.95. The van der Waals surface area contributed by atoms with Gasteiger partial charge in [0.25, 0.3) is 0 Å². The van der Waals surface area contributed by atoms with Crippen molar-refractivity contribution in [1.29, 1.82) is 0 Å². The van der Waals surface area contributed by atoms with Gasteiger partial charge in [0.2, 0.25) is 5.91 Å². The van der Waals surface area contributed by atoms with Gasteiger partial charge in [-0.2, -0.15) is 0 Å². The summed E-state index contributed by atoms with van der Waals surface area (Å²) in [6, 6.07) is 17.1. The van der Waals surface area contributed by atoms with E-state index < -0.39 is 0 Å². The van der Waals surface area contributed by atoms with Crippen LogP contribution in [0.15, 0.2) is 48.5 Å². The number of anilines is 1. The maximum absolute atomic E-state index is 12.7. The summed E-state index contributed by atoms with van der Waals surface area (Å²) in [5.74, 6) is 0.274. The van der Waals surface area contributed by atoms with Gasteiger partial charge < -0.3 is 5.32 Å². The third kappa shape index (κ3) is 6.41. The number of aryl methyl sites for hydroxylation is 1. The lowest BCUT2D eigenvalue weighted by Crippen LogP contribution is -2.37. The van der Waals surface area contributed by atoms with Gasteiger partial charge in [0.1, 0.15) is 0 Å². The Morgan fingerprint density at radius 1 is 0.966 bits per heavy atom. The molecule has 0 atom stereocenters. The molecule has 1 aliphatic heterocycles. The molecule has 1 saturated heterocycles. The summed E-state index contributed by atoms with van der Waals surface area (Å²) in [5.41, 5.74) is 4.84. The molecule has 156 valence electrons. The Balaban J connectivity index is 1.45. The minimum Gasteiger partial charge on any atom is -0.326 e. The molecule has 3 rings (SSSR count). The van der Waals surface area contributed by atoms with Crippen molar-refractivity contribution in [3.8, 4) is 0 Å². The lowest BCUT2D eigenvalue weighted by molar-refractivity contribution is -0.121. The van der Waals surface area contributed by atoms with Crippen LogP contribution < -0.4 is 5.32 Å². The van der Waals surface area contributed by atoms with Crippen LogP contribution in [-0.2, 0) is 17.9 Å². The van der Waals surface area contributed by atoms with Crippen molar-refractivity contribution in [1.82, 2.24) is 9.80 Å². The van der Waals surface area contributed by atoms with E-state index in [4.69, 9.17) is 0 Å². The first-order chi connectivity index (χ1) is 14.1. The fraction of sp³-hybridized carbons (Fsp3) is 0.480. The number of nitrogens with zero attached hydrogens (tertiary/aromatic N) is 2. The number of hydrogen-bond acceptors (Lipinski definition) is 3. The van der Waals surface area contributed by atoms with Gasteiger partial charge in [0.05, 0.1) is 0 Å². The third-order valence-corrected chi connectivity index (χ3v) is 6.01. The highest BCUT2D eigenvalue weighted by Gasteiger charge is 2.25. The van der Waals surface area contributed by atoms with Crippen LogP contribution in [0.3, 0.4) is 0 Å². The van der Waals surface area contributed by atoms with Crippen LogP contribution >= 0.6 is 0 Å². The monoisotopic (exact) mass is 393 g/mol. The molecule has 1 N–H and O–H groups in total. The SMILES string of the molecule is CCN(CC)Cc1ccc(NC(=O)C2CCN(Cc3ccc(C)cc3)CC2)cc1. The lowest BCUT2D eigenvalue weighted by atomic mass is 9.95. The highest BCUT2D eigenvalue weighted by Crippen LogP contribution is 2.21. The van der Waals surface area contributed by atoms with Crippen LogP contribution in [0.5, 0.6) is 0 Å². The van der Waals surface area contributed by atoms with E-state index in [-0.39, 0.29) is 11.8 Å². The van der Waals surface area contributed by atoms with E-state index in [2.05, 4.69) is 72.3 Å². The van der Waals surface area contributed by atoms with Crippen molar-refractivity contribution < 1.29 is 4.79 Å². The van der Waals surface area contributed by atoms with Crippen molar-refractivity contribution in [3.63, 3.8) is 0 Å². The Hall–Kier alpha value is -2.17. The Kier molecular flexibility index (Phi) is 7.84. The molecule has 0 radical (unpaired) electrons. The Morgan fingerprint density at radius 3 is 2.14 bits per heavy atom. The third-order valence-electron chi connectivity index (χ3n) is 6.01. The molecular weight excluding hydrogens is 358 g/mol. The standard InChI is InChI=1S/C25H35N3O/c1-4-27(5-2)18-22-10-12-24(13-11-22)26-25(29)23-14-16-28(17-15-23)19-21-8-6-20(3)7-9-21/h6-13,23H,4-5,14-19H2,1-3H3,(H,26,29). The number of carbonyl (C=O) groups excluding carboxylic acids is 1. The lowest BCUT2D eigenvalue weighted by Gasteiger charge is -2.31. The molecule has 29 heavy (non-hydrogen) atoms. The van der Waals surface area contributed by atoms with Gasteiger partial charge in [-0.15, -0.1) is 0 Å². The first-order valence-electron chi connectivity index (χ1n) is 11.0. The van der Waals surface area contributed by atoms with Crippen molar-refractivity contribution in [2.75, 3.05) is 31.5 Å². The van der Waals surface area contributed by atoms with Gasteiger partial charge in [-0.1, -0.05) is 55.8 Å². The smallest absolute Gasteiger partial charge is 0.227 e. The molecule has 0 aliphatic carbocycles. The maximum Gasteiger partial charge on any atom is 0.227 e. The molecule has 0 bridgehead atoms. The van der Waals surface area contributed by atoms with Crippen molar-refractivity contribution in [3.05, 3.63) is 65.2 Å². The number of amides is 1. The van der Waals surface area contributed by atoms with Gasteiger partial charge in [0, 0.05) is 24.7 Å². The highest BCUT2D eigenvalue weighted by atomic mass is 16.1. The molecule has 4 heteroatoms. The molecule has 0 unspecified atom stereocenters. The van der Waals surface area contributed by atoms with Gasteiger partial charge in [0.15, 0.2) is 0 Å². The molecule has 1 amide bonds. The van der Waals surface area contributed by atoms with E-state index >= 15 is 0 Å². The second kappa shape index (κ2) is 10.6. The van der Waals surface area contributed by atoms with Crippen LogP contribution in [0.4, 0.5) is 5.69 Å². The van der Waals surface area contributed by atoms with Gasteiger partial charge in [-0.05, 0) is 69.2 Å². The largest absolute Gasteiger partial charge is 0.326 e. The predicted octanol–water partition coefficient (Wildman–Crippen LogP) is 4.69. The van der Waals surface area contributed by atoms with E-state index in [1.54, 1.807) is 0 Å². The van der Waals surface area contributed by atoms with Crippen molar-refractivity contribution in [2.45, 2.75) is 46.7 Å². The summed E-state index contributed by atoms with van der Waals surface area (Å²) in [6.07, 6.45) is 1.86. The van der Waals surface area contributed by atoms with Crippen LogP contribution in [0.1, 0.15) is 43.4 Å². The molecule has 1 fully saturated rings. The molecule has 0 saturated carbocycles. The zero-order valence-electron chi connectivity index (χ0n) is 18.2. The van der Waals surface area contributed by atoms with Gasteiger partial charge in [-0.25, -0.2) is 0 Å². The zero-order valence-corrected chi connectivity index (χ0v) is 18.2. The number of hydrogen-bond donors (Lipinski definition) is 1. The normalized spacial score (nSPS) is 15.6. The Morgan fingerprint density at radius 2 is 1.55 bits per heavy atom. The van der Waals surface area contributed by atoms with E-state index in [0.29, 0.717) is 0 Å². The van der Waals surface area contributed by atoms with Crippen LogP contribution in [0, 0.1) is 12.8 Å². The van der Waals surface area contributed by atoms with Gasteiger partial charge in [-0.3, -0.25) is 14.6 Å². The number of benzene rings is 2. The number of piperidine rings is 1. The molecule has 1 aliphatic rings. The zero-order chi connectivity index (χ0) is 20.6. The van der Waals surface area contributed by atoms with Crippen LogP contribution in [0.2, 0.25) is 0 Å². The van der Waals surface area contributed by atoms with Crippen LogP contribution in [-0.4, -0.2) is 41.9 Å². The Labute approximate surface area is 175 Å². The molecular formula is C25H35N3O. The minimum absolute atomic E-state index is 0.111. The average molecular weight is 394 g/mol. The number of likely N-dealkylation sites (tertiary alicyclic amines) is 1. The van der Waals surface area contributed by atoms with Crippen LogP contribution in [0.25, 0.3) is 0 Å². The molecule has 2 aromatic carbocycles. The predicted molar refractivity (Wildman–Crippen MR) is 121 cm³/mol. The van der Waals surface area contributed by atoms with Gasteiger partial charge >= 0.3 is 0 Å². The summed E-state index contributed by atoms with van der Waals surface area (Å²) < 4.78 is 0. The fourth-order valence-corrected chi connectivity index (χ4v) is 3.95. The second-order valence-electron chi connectivity index (χ2n) is 8.18. The molecule has 1 heterocycles. The van der Waals surface area contributed by atoms with E-state index in [1.807, 2.05) is 12.1 Å². The summed E-state index contributed by atoms with van der Waals surface area (Å²) in [4.78, 5) is 17.5. The number of nitrogens with one attached hydrogen (secondary N) is 1. The molecule has 4 nitrogen and oxygen atoms in total. The summed E-state index contributed by atoms with van der Waals surface area (Å²) in [5, 5.41) is 3.12. The highest BCUT2D eigenvalue weighted by molar-refractivity contribution is 5.92. The minimum atomic E-state index is 0.111. The Bertz CT molecular complexity index is 758. The van der Waals surface area contributed by atoms with E-state index in [1.165, 1.54) is 16.7 Å². The number of rotatable bonds is 8. The van der Waals surface area contributed by atoms with E-state index in [9.17, 15) is 4.79 Å². The van der Waals surface area contributed by atoms with E-state index in [0.717, 1.165) is 57.8 Å². The summed E-state index contributed by atoms with van der Waals surface area (Å²) in [7, 11) is 0. The average Bonchev–Trinajstić information content (AvgIpc) is 2.75. The molecule has 2 aromatic rings. The van der Waals surface area contributed by atoms with Crippen molar-refractivity contribution >= 4 is 11.6 Å². The topological polar surface area (TPSA) is 35.6 Å². The quantitative estimate of drug-likeness (QED) is 0.707. The molecule has 0 spiro atoms. The number of carbonyl (C=O) groups is 1. The maximum atomic E-state index is 12.7. The first kappa shape index (κ1) is 21.5. The van der Waals surface area contributed by atoms with Crippen molar-refractivity contribution in [2.24, 2.45) is 5.92 Å². The first-order valence-corrected chi connectivity index (χ1v) is 11.0. The second-order valence-corrected chi connectivity index (χ2v) is 8.18. The summed E-state index contributed by atoms with van der Waals surface area (Å²) in [6.45, 7) is 12.5. The molecule has 0 aromatic heterocycles.